The van der Waals surface area contributed by atoms with E-state index in [4.69, 9.17) is 4.74 Å². The summed E-state index contributed by atoms with van der Waals surface area (Å²) in [4.78, 5) is 12.7. The van der Waals surface area contributed by atoms with E-state index < -0.39 is 12.7 Å². The number of carbonyl (C=O) groups is 1. The molecule has 18 heavy (non-hydrogen) atoms. The van der Waals surface area contributed by atoms with Gasteiger partial charge in [-0.1, -0.05) is 13.8 Å². The van der Waals surface area contributed by atoms with Crippen LogP contribution in [0.2, 0.25) is 0 Å². The third-order valence-electron chi connectivity index (χ3n) is 3.04. The van der Waals surface area contributed by atoms with Crippen LogP contribution in [0.5, 0.6) is 0 Å². The van der Waals surface area contributed by atoms with Crippen molar-refractivity contribution in [3.05, 3.63) is 0 Å². The Morgan fingerprint density at radius 3 is 2.33 bits per heavy atom. The first-order valence-corrected chi connectivity index (χ1v) is 6.23. The van der Waals surface area contributed by atoms with E-state index in [1.807, 2.05) is 0 Å². The normalized spacial score (nSPS) is 19.2. The summed E-state index contributed by atoms with van der Waals surface area (Å²) in [6, 6.07) is 0. The maximum Gasteiger partial charge on any atom is 0.401 e. The first-order chi connectivity index (χ1) is 8.28. The highest BCUT2D eigenvalue weighted by Crippen LogP contribution is 2.22. The molecule has 1 rings (SSSR count). The van der Waals surface area contributed by atoms with Gasteiger partial charge in [-0.15, -0.1) is 0 Å². The van der Waals surface area contributed by atoms with Gasteiger partial charge in [0.05, 0.1) is 19.1 Å². The third-order valence-corrected chi connectivity index (χ3v) is 3.04. The Morgan fingerprint density at radius 1 is 1.33 bits per heavy atom. The number of halogens is 3. The van der Waals surface area contributed by atoms with E-state index >= 15 is 0 Å². The van der Waals surface area contributed by atoms with Gasteiger partial charge in [0.1, 0.15) is 0 Å². The Morgan fingerprint density at radius 2 is 1.89 bits per heavy atom. The molecule has 0 aliphatic carbocycles. The second kappa shape index (κ2) is 6.41. The van der Waals surface area contributed by atoms with Crippen molar-refractivity contribution in [2.24, 2.45) is 11.8 Å². The molecule has 0 N–H and O–H groups in total. The largest absolute Gasteiger partial charge is 0.465 e. The maximum atomic E-state index is 12.2. The van der Waals surface area contributed by atoms with Gasteiger partial charge < -0.3 is 4.74 Å². The van der Waals surface area contributed by atoms with Crippen LogP contribution in [0.4, 0.5) is 13.2 Å². The lowest BCUT2D eigenvalue weighted by Gasteiger charge is -2.32. The first-order valence-electron chi connectivity index (χ1n) is 6.23. The number of rotatable bonds is 4. The van der Waals surface area contributed by atoms with E-state index in [2.05, 4.69) is 0 Å². The number of likely N-dealkylation sites (tertiary alicyclic amines) is 1. The van der Waals surface area contributed by atoms with Crippen LogP contribution in [0.25, 0.3) is 0 Å². The van der Waals surface area contributed by atoms with Gasteiger partial charge in [0.25, 0.3) is 0 Å². The fourth-order valence-corrected chi connectivity index (χ4v) is 1.93. The zero-order valence-corrected chi connectivity index (χ0v) is 10.8. The topological polar surface area (TPSA) is 29.5 Å². The highest BCUT2D eigenvalue weighted by atomic mass is 19.4. The molecule has 1 aliphatic rings. The molecule has 0 atom stereocenters. The number of carbonyl (C=O) groups excluding carboxylic acids is 1. The molecule has 6 heteroatoms. The Kier molecular flexibility index (Phi) is 5.44. The summed E-state index contributed by atoms with van der Waals surface area (Å²) in [5.74, 6) is -0.208. The molecule has 0 radical (unpaired) electrons. The maximum absolute atomic E-state index is 12.2. The zero-order chi connectivity index (χ0) is 13.8. The average molecular weight is 267 g/mol. The number of esters is 1. The lowest BCUT2D eigenvalue weighted by molar-refractivity contribution is -0.152. The molecule has 1 saturated heterocycles. The van der Waals surface area contributed by atoms with E-state index in [1.54, 1.807) is 13.8 Å². The zero-order valence-electron chi connectivity index (χ0n) is 10.8. The van der Waals surface area contributed by atoms with Gasteiger partial charge >= 0.3 is 12.1 Å². The van der Waals surface area contributed by atoms with Gasteiger partial charge in [0.15, 0.2) is 0 Å². The highest BCUT2D eigenvalue weighted by molar-refractivity contribution is 5.71. The van der Waals surface area contributed by atoms with Crippen molar-refractivity contribution in [3.63, 3.8) is 0 Å². The van der Waals surface area contributed by atoms with Crippen LogP contribution in [0.3, 0.4) is 0 Å². The Balaban J connectivity index is 2.21. The van der Waals surface area contributed by atoms with E-state index in [9.17, 15) is 18.0 Å². The standard InChI is InChI=1S/C12H20F3NO2/c1-9(2)11(17)18-7-10-3-5-16(6-4-10)8-12(13,14)15/h9-10H,3-8H2,1-2H3. The average Bonchev–Trinajstić information content (AvgIpc) is 2.25. The van der Waals surface area contributed by atoms with Gasteiger partial charge in [-0.05, 0) is 31.8 Å². The van der Waals surface area contributed by atoms with Crippen LogP contribution in [0.15, 0.2) is 0 Å². The number of nitrogens with zero attached hydrogens (tertiary/aromatic N) is 1. The molecular formula is C12H20F3NO2. The first kappa shape index (κ1) is 15.3. The molecule has 1 aliphatic heterocycles. The fourth-order valence-electron chi connectivity index (χ4n) is 1.93. The second-order valence-corrected chi connectivity index (χ2v) is 5.12. The third kappa shape index (κ3) is 5.71. The minimum atomic E-state index is -4.13. The predicted molar refractivity (Wildman–Crippen MR) is 61.0 cm³/mol. The summed E-state index contributed by atoms with van der Waals surface area (Å²) in [6.07, 6.45) is -2.82. The smallest absolute Gasteiger partial charge is 0.401 e. The number of piperidine rings is 1. The second-order valence-electron chi connectivity index (χ2n) is 5.12. The molecular weight excluding hydrogens is 247 g/mol. The summed E-state index contributed by atoms with van der Waals surface area (Å²) in [7, 11) is 0. The van der Waals surface area contributed by atoms with E-state index in [-0.39, 0.29) is 17.8 Å². The molecule has 3 nitrogen and oxygen atoms in total. The molecule has 0 spiro atoms. The van der Waals surface area contributed by atoms with E-state index in [0.717, 1.165) is 0 Å². The monoisotopic (exact) mass is 267 g/mol. The highest BCUT2D eigenvalue weighted by Gasteiger charge is 2.32. The van der Waals surface area contributed by atoms with Crippen molar-refractivity contribution in [2.45, 2.75) is 32.9 Å². The number of alkyl halides is 3. The van der Waals surface area contributed by atoms with Crippen molar-refractivity contribution in [2.75, 3.05) is 26.2 Å². The molecule has 1 fully saturated rings. The van der Waals surface area contributed by atoms with Crippen LogP contribution >= 0.6 is 0 Å². The lowest BCUT2D eigenvalue weighted by Crippen LogP contribution is -2.41. The van der Waals surface area contributed by atoms with Gasteiger partial charge in [-0.3, -0.25) is 9.69 Å². The van der Waals surface area contributed by atoms with Crippen LogP contribution < -0.4 is 0 Å². The van der Waals surface area contributed by atoms with Crippen molar-refractivity contribution < 1.29 is 22.7 Å². The Hall–Kier alpha value is -0.780. The molecule has 0 aromatic rings. The quantitative estimate of drug-likeness (QED) is 0.733. The van der Waals surface area contributed by atoms with E-state index in [0.29, 0.717) is 32.5 Å². The molecule has 1 heterocycles. The molecule has 106 valence electrons. The minimum absolute atomic E-state index is 0.157. The summed E-state index contributed by atoms with van der Waals surface area (Å²) in [5, 5.41) is 0. The lowest BCUT2D eigenvalue weighted by atomic mass is 9.98. The molecule has 0 amide bonds. The number of hydrogen-bond donors (Lipinski definition) is 0. The molecule has 0 bridgehead atoms. The van der Waals surface area contributed by atoms with Crippen LogP contribution in [-0.2, 0) is 9.53 Å². The Labute approximate surface area is 105 Å². The fraction of sp³-hybridized carbons (Fsp3) is 0.917. The van der Waals surface area contributed by atoms with Gasteiger partial charge in [0.2, 0.25) is 0 Å². The van der Waals surface area contributed by atoms with Crippen molar-refractivity contribution >= 4 is 5.97 Å². The van der Waals surface area contributed by atoms with Crippen molar-refractivity contribution in [3.8, 4) is 0 Å². The molecule has 0 saturated carbocycles. The van der Waals surface area contributed by atoms with E-state index in [1.165, 1.54) is 4.90 Å². The van der Waals surface area contributed by atoms with Gasteiger partial charge in [0, 0.05) is 0 Å². The molecule has 0 aromatic carbocycles. The van der Waals surface area contributed by atoms with Crippen LogP contribution in [0.1, 0.15) is 26.7 Å². The molecule has 0 aromatic heterocycles. The summed E-state index contributed by atoms with van der Waals surface area (Å²) in [6.45, 7) is 3.84. The summed E-state index contributed by atoms with van der Waals surface area (Å²) < 4.78 is 41.6. The van der Waals surface area contributed by atoms with Crippen LogP contribution in [-0.4, -0.2) is 43.3 Å². The molecule has 0 unspecified atom stereocenters. The number of ether oxygens (including phenoxy) is 1. The van der Waals surface area contributed by atoms with Crippen LogP contribution in [0, 0.1) is 11.8 Å². The SMILES string of the molecule is CC(C)C(=O)OCC1CCN(CC(F)(F)F)CC1. The number of hydrogen-bond acceptors (Lipinski definition) is 3. The summed E-state index contributed by atoms with van der Waals surface area (Å²) in [5.41, 5.74) is 0. The summed E-state index contributed by atoms with van der Waals surface area (Å²) >= 11 is 0. The Bertz CT molecular complexity index is 271. The minimum Gasteiger partial charge on any atom is -0.465 e. The van der Waals surface area contributed by atoms with Crippen molar-refractivity contribution in [1.82, 2.24) is 4.90 Å². The predicted octanol–water partition coefficient (Wildman–Crippen LogP) is 2.46. The van der Waals surface area contributed by atoms with Crippen molar-refractivity contribution in [1.29, 1.82) is 0 Å². The van der Waals surface area contributed by atoms with Gasteiger partial charge in [-0.2, -0.15) is 13.2 Å². The van der Waals surface area contributed by atoms with Gasteiger partial charge in [-0.25, -0.2) is 0 Å².